The van der Waals surface area contributed by atoms with Crippen molar-refractivity contribution in [1.29, 1.82) is 0 Å². The van der Waals surface area contributed by atoms with Gasteiger partial charge in [0, 0.05) is 38.0 Å². The normalized spacial score (nSPS) is 24.8. The van der Waals surface area contributed by atoms with Crippen LogP contribution >= 0.6 is 0 Å². The van der Waals surface area contributed by atoms with E-state index in [4.69, 9.17) is 5.73 Å². The number of hydrogen-bond donors (Lipinski definition) is 1. The molecule has 6 heteroatoms. The monoisotopic (exact) mass is 381 g/mol. The Balaban J connectivity index is 1.47. The van der Waals surface area contributed by atoms with Crippen LogP contribution in [0.2, 0.25) is 0 Å². The molecule has 0 bridgehead atoms. The van der Waals surface area contributed by atoms with Crippen LogP contribution < -0.4 is 10.6 Å². The summed E-state index contributed by atoms with van der Waals surface area (Å²) in [5.41, 5.74) is 8.45. The number of nitrogens with two attached hydrogens (primary N) is 1. The largest absolute Gasteiger partial charge is 0.340 e. The molecular formula is C22H24FN3O2. The molecule has 2 fully saturated rings. The van der Waals surface area contributed by atoms with Crippen molar-refractivity contribution in [2.75, 3.05) is 24.5 Å². The molecule has 0 radical (unpaired) electrons. The number of nitrogens with zero attached hydrogens (tertiary/aromatic N) is 2. The minimum atomic E-state index is -0.463. The molecule has 0 saturated carbocycles. The molecule has 2 aromatic carbocycles. The molecule has 1 unspecified atom stereocenters. The first-order valence-electron chi connectivity index (χ1n) is 9.60. The second-order valence-electron chi connectivity index (χ2n) is 7.78. The van der Waals surface area contributed by atoms with E-state index >= 15 is 0 Å². The summed E-state index contributed by atoms with van der Waals surface area (Å²) in [5.74, 6) is -1.10. The number of likely N-dealkylation sites (tertiary alicyclic amines) is 1. The SMILES string of the molecule is Cc1ccc(N2CC(C(=O)N3C[C@@H](N)[C@H](c4ccccc4)C3)CC2=O)c(F)c1. The molecule has 2 amide bonds. The third-order valence-corrected chi connectivity index (χ3v) is 5.77. The first kappa shape index (κ1) is 18.6. The van der Waals surface area contributed by atoms with Crippen LogP contribution in [0.5, 0.6) is 0 Å². The number of hydrogen-bond acceptors (Lipinski definition) is 3. The van der Waals surface area contributed by atoms with E-state index in [9.17, 15) is 14.0 Å². The molecule has 28 heavy (non-hydrogen) atoms. The minimum Gasteiger partial charge on any atom is -0.340 e. The van der Waals surface area contributed by atoms with Crippen molar-refractivity contribution in [3.05, 3.63) is 65.5 Å². The number of rotatable bonds is 3. The molecule has 2 aliphatic rings. The van der Waals surface area contributed by atoms with Gasteiger partial charge in [0.2, 0.25) is 11.8 Å². The molecule has 2 aliphatic heterocycles. The zero-order valence-corrected chi connectivity index (χ0v) is 15.8. The lowest BCUT2D eigenvalue weighted by Gasteiger charge is -2.21. The lowest BCUT2D eigenvalue weighted by molar-refractivity contribution is -0.134. The molecule has 0 spiro atoms. The highest BCUT2D eigenvalue weighted by Crippen LogP contribution is 2.32. The molecule has 2 aromatic rings. The molecule has 2 N–H and O–H groups in total. The average molecular weight is 381 g/mol. The van der Waals surface area contributed by atoms with Gasteiger partial charge >= 0.3 is 0 Å². The summed E-state index contributed by atoms with van der Waals surface area (Å²) >= 11 is 0. The van der Waals surface area contributed by atoms with Gasteiger partial charge < -0.3 is 15.5 Å². The number of amides is 2. The maximum atomic E-state index is 14.3. The number of carbonyl (C=O) groups excluding carboxylic acids is 2. The third-order valence-electron chi connectivity index (χ3n) is 5.77. The first-order valence-corrected chi connectivity index (χ1v) is 9.60. The standard InChI is InChI=1S/C22H24FN3O2/c1-14-7-8-20(18(23)9-14)26-11-16(10-21(26)27)22(28)25-12-17(19(24)13-25)15-5-3-2-4-6-15/h2-9,16-17,19H,10-13,24H2,1H3/t16?,17-,19+/m0/s1. The van der Waals surface area contributed by atoms with Crippen LogP contribution in [0, 0.1) is 18.7 Å². The molecule has 0 aliphatic carbocycles. The Morgan fingerprint density at radius 2 is 1.86 bits per heavy atom. The molecular weight excluding hydrogens is 357 g/mol. The van der Waals surface area contributed by atoms with Crippen LogP contribution in [0.1, 0.15) is 23.5 Å². The lowest BCUT2D eigenvalue weighted by Crippen LogP contribution is -2.37. The predicted octanol–water partition coefficient (Wildman–Crippen LogP) is 2.44. The van der Waals surface area contributed by atoms with Crippen LogP contribution in [0.25, 0.3) is 0 Å². The summed E-state index contributed by atoms with van der Waals surface area (Å²) in [7, 11) is 0. The van der Waals surface area contributed by atoms with Gasteiger partial charge in [-0.15, -0.1) is 0 Å². The van der Waals surface area contributed by atoms with Crippen molar-refractivity contribution in [2.45, 2.75) is 25.3 Å². The van der Waals surface area contributed by atoms with Crippen molar-refractivity contribution in [2.24, 2.45) is 11.7 Å². The maximum absolute atomic E-state index is 14.3. The van der Waals surface area contributed by atoms with E-state index in [0.29, 0.717) is 13.1 Å². The predicted molar refractivity (Wildman–Crippen MR) is 105 cm³/mol. The smallest absolute Gasteiger partial charge is 0.228 e. The second-order valence-corrected chi connectivity index (χ2v) is 7.78. The van der Waals surface area contributed by atoms with Crippen LogP contribution in [-0.4, -0.2) is 42.4 Å². The van der Waals surface area contributed by atoms with E-state index in [1.54, 1.807) is 24.0 Å². The van der Waals surface area contributed by atoms with Gasteiger partial charge in [0.05, 0.1) is 11.6 Å². The van der Waals surface area contributed by atoms with Crippen molar-refractivity contribution < 1.29 is 14.0 Å². The van der Waals surface area contributed by atoms with Gasteiger partial charge in [0.1, 0.15) is 5.82 Å². The van der Waals surface area contributed by atoms with E-state index in [2.05, 4.69) is 0 Å². The van der Waals surface area contributed by atoms with Gasteiger partial charge in [-0.05, 0) is 30.2 Å². The second kappa shape index (κ2) is 7.36. The first-order chi connectivity index (χ1) is 13.4. The molecule has 5 nitrogen and oxygen atoms in total. The molecule has 2 heterocycles. The Hall–Kier alpha value is -2.73. The molecule has 0 aromatic heterocycles. The third kappa shape index (κ3) is 3.40. The van der Waals surface area contributed by atoms with Gasteiger partial charge in [-0.1, -0.05) is 36.4 Å². The quantitative estimate of drug-likeness (QED) is 0.888. The Morgan fingerprint density at radius 1 is 1.11 bits per heavy atom. The van der Waals surface area contributed by atoms with E-state index in [1.165, 1.54) is 11.0 Å². The number of halogens is 1. The molecule has 3 atom stereocenters. The summed E-state index contributed by atoms with van der Waals surface area (Å²) in [6.07, 6.45) is 0.105. The topological polar surface area (TPSA) is 66.6 Å². The van der Waals surface area contributed by atoms with Crippen molar-refractivity contribution in [3.63, 3.8) is 0 Å². The van der Waals surface area contributed by atoms with E-state index < -0.39 is 11.7 Å². The summed E-state index contributed by atoms with van der Waals surface area (Å²) in [4.78, 5) is 28.6. The Labute approximate surface area is 163 Å². The van der Waals surface area contributed by atoms with E-state index in [-0.39, 0.29) is 42.4 Å². The highest BCUT2D eigenvalue weighted by atomic mass is 19.1. The molecule has 146 valence electrons. The number of carbonyl (C=O) groups is 2. The van der Waals surface area contributed by atoms with Gasteiger partial charge in [-0.2, -0.15) is 0 Å². The van der Waals surface area contributed by atoms with Crippen molar-refractivity contribution in [1.82, 2.24) is 4.90 Å². The number of benzene rings is 2. The highest BCUT2D eigenvalue weighted by Gasteiger charge is 2.41. The van der Waals surface area contributed by atoms with Crippen LogP contribution in [-0.2, 0) is 9.59 Å². The fraction of sp³-hybridized carbons (Fsp3) is 0.364. The summed E-state index contributed by atoms with van der Waals surface area (Å²) < 4.78 is 14.3. The number of anilines is 1. The Kier molecular flexibility index (Phi) is 4.89. The van der Waals surface area contributed by atoms with Crippen molar-refractivity contribution >= 4 is 17.5 Å². The van der Waals surface area contributed by atoms with Gasteiger partial charge in [-0.3, -0.25) is 9.59 Å². The fourth-order valence-electron chi connectivity index (χ4n) is 4.26. The summed E-state index contributed by atoms with van der Waals surface area (Å²) in [6, 6.07) is 14.6. The Morgan fingerprint density at radius 3 is 2.57 bits per heavy atom. The van der Waals surface area contributed by atoms with E-state index in [0.717, 1.165) is 11.1 Å². The van der Waals surface area contributed by atoms with Crippen LogP contribution in [0.4, 0.5) is 10.1 Å². The van der Waals surface area contributed by atoms with E-state index in [1.807, 2.05) is 30.3 Å². The number of aryl methyl sites for hydroxylation is 1. The highest BCUT2D eigenvalue weighted by molar-refractivity contribution is 6.00. The zero-order chi connectivity index (χ0) is 19.8. The lowest BCUT2D eigenvalue weighted by atomic mass is 9.95. The van der Waals surface area contributed by atoms with Crippen LogP contribution in [0.3, 0.4) is 0 Å². The fourth-order valence-corrected chi connectivity index (χ4v) is 4.26. The van der Waals surface area contributed by atoms with Gasteiger partial charge in [0.15, 0.2) is 0 Å². The average Bonchev–Trinajstić information content (AvgIpc) is 3.25. The van der Waals surface area contributed by atoms with Crippen molar-refractivity contribution in [3.8, 4) is 0 Å². The van der Waals surface area contributed by atoms with Gasteiger partial charge in [0.25, 0.3) is 0 Å². The molecule has 2 saturated heterocycles. The Bertz CT molecular complexity index is 902. The zero-order valence-electron chi connectivity index (χ0n) is 15.8. The molecule has 4 rings (SSSR count). The summed E-state index contributed by atoms with van der Waals surface area (Å²) in [5, 5.41) is 0. The maximum Gasteiger partial charge on any atom is 0.228 e. The van der Waals surface area contributed by atoms with Crippen LogP contribution in [0.15, 0.2) is 48.5 Å². The minimum absolute atomic E-state index is 0.0720. The van der Waals surface area contributed by atoms with Gasteiger partial charge in [-0.25, -0.2) is 4.39 Å². The summed E-state index contributed by atoms with van der Waals surface area (Å²) in [6.45, 7) is 3.03.